The molecule has 0 radical (unpaired) electrons. The highest BCUT2D eigenvalue weighted by Crippen LogP contribution is 2.36. The van der Waals surface area contributed by atoms with E-state index in [-0.39, 0.29) is 0 Å². The minimum absolute atomic E-state index is 0.417. The van der Waals surface area contributed by atoms with E-state index in [1.807, 2.05) is 0 Å². The van der Waals surface area contributed by atoms with Gasteiger partial charge < -0.3 is 4.98 Å². The fourth-order valence-corrected chi connectivity index (χ4v) is 4.60. The molecule has 0 spiro atoms. The van der Waals surface area contributed by atoms with Gasteiger partial charge in [-0.05, 0) is 65.8 Å². The number of para-hydroxylation sites is 1. The molecule has 1 aromatic heterocycles. The zero-order valence-electron chi connectivity index (χ0n) is 18.6. The third kappa shape index (κ3) is 3.97. The van der Waals surface area contributed by atoms with Crippen LogP contribution in [0.2, 0.25) is 0 Å². The zero-order chi connectivity index (χ0) is 21.2. The maximum atomic E-state index is 3.56. The summed E-state index contributed by atoms with van der Waals surface area (Å²) in [7, 11) is 0. The van der Waals surface area contributed by atoms with Crippen LogP contribution in [0.4, 0.5) is 0 Å². The molecule has 0 bridgehead atoms. The largest absolute Gasteiger partial charge is 0.355 e. The zero-order valence-corrected chi connectivity index (χ0v) is 18.6. The summed E-state index contributed by atoms with van der Waals surface area (Å²) >= 11 is 0. The van der Waals surface area contributed by atoms with E-state index in [1.165, 1.54) is 75.7 Å². The van der Waals surface area contributed by atoms with Crippen LogP contribution in [-0.4, -0.2) is 4.98 Å². The molecule has 31 heavy (non-hydrogen) atoms. The number of fused-ring (bicyclic) bond motifs is 3. The Labute approximate surface area is 185 Å². The van der Waals surface area contributed by atoms with Gasteiger partial charge in [-0.25, -0.2) is 0 Å². The first-order chi connectivity index (χ1) is 15.2. The maximum Gasteiger partial charge on any atom is 0.0461 e. The highest BCUT2D eigenvalue weighted by Gasteiger charge is 2.20. The molecular weight excluding hydrogens is 374 g/mol. The lowest BCUT2D eigenvalue weighted by Crippen LogP contribution is -2.05. The second kappa shape index (κ2) is 8.59. The molecule has 1 fully saturated rings. The smallest absolute Gasteiger partial charge is 0.0461 e. The number of benzene rings is 3. The monoisotopic (exact) mass is 405 g/mol. The van der Waals surface area contributed by atoms with Crippen molar-refractivity contribution >= 4 is 17.0 Å². The van der Waals surface area contributed by atoms with Crippen LogP contribution in [0.1, 0.15) is 59.5 Å². The summed E-state index contributed by atoms with van der Waals surface area (Å²) in [5, 5.41) is 1.35. The van der Waals surface area contributed by atoms with Gasteiger partial charge in [-0.15, -0.1) is 0 Å². The van der Waals surface area contributed by atoms with Crippen LogP contribution in [0.15, 0.2) is 72.8 Å². The van der Waals surface area contributed by atoms with E-state index in [0.717, 1.165) is 6.42 Å². The van der Waals surface area contributed by atoms with Crippen molar-refractivity contribution in [2.75, 3.05) is 0 Å². The standard InChI is InChI=1S/C26H23N.C4H8/c1-17-7-3-4-8-21(17)23-15-19(12-11-18(23)2)20-13-14-26-24(16-20)22-9-5-6-10-25(22)27-26;1-2-4-3-1/h3-15,20,27H,16H2,1-2H3;1-4H2. The predicted octanol–water partition coefficient (Wildman–Crippen LogP) is 8.37. The Morgan fingerprint density at radius 1 is 0.742 bits per heavy atom. The molecule has 156 valence electrons. The van der Waals surface area contributed by atoms with Crippen LogP contribution < -0.4 is 0 Å². The normalized spacial score (nSPS) is 16.9. The van der Waals surface area contributed by atoms with Crippen molar-refractivity contribution in [3.8, 4) is 11.1 Å². The van der Waals surface area contributed by atoms with Gasteiger partial charge in [-0.2, -0.15) is 0 Å². The molecule has 1 atom stereocenters. The first-order valence-electron chi connectivity index (χ1n) is 11.6. The summed E-state index contributed by atoms with van der Waals surface area (Å²) in [6.45, 7) is 4.40. The number of hydrogen-bond acceptors (Lipinski definition) is 0. The maximum absolute atomic E-state index is 3.56. The third-order valence-electron chi connectivity index (χ3n) is 6.89. The number of hydrogen-bond donors (Lipinski definition) is 1. The second-order valence-electron chi connectivity index (χ2n) is 9.04. The van der Waals surface area contributed by atoms with Crippen LogP contribution >= 0.6 is 0 Å². The Morgan fingerprint density at radius 3 is 2.23 bits per heavy atom. The summed E-state index contributed by atoms with van der Waals surface area (Å²) in [6.07, 6.45) is 11.7. The van der Waals surface area contributed by atoms with Crippen molar-refractivity contribution in [2.24, 2.45) is 0 Å². The Bertz CT molecular complexity index is 1230. The number of nitrogens with one attached hydrogen (secondary N) is 1. The summed E-state index contributed by atoms with van der Waals surface area (Å²) in [4.78, 5) is 3.56. The number of aromatic amines is 1. The average molecular weight is 406 g/mol. The van der Waals surface area contributed by atoms with Crippen LogP contribution in [0, 0.1) is 13.8 Å². The summed E-state index contributed by atoms with van der Waals surface area (Å²) in [5.74, 6) is 0.417. The minimum Gasteiger partial charge on any atom is -0.355 e. The number of aromatic nitrogens is 1. The lowest BCUT2D eigenvalue weighted by atomic mass is 9.84. The molecule has 1 unspecified atom stereocenters. The Balaban J connectivity index is 0.000000461. The Hall–Kier alpha value is -3.06. The fourth-order valence-electron chi connectivity index (χ4n) is 4.60. The van der Waals surface area contributed by atoms with E-state index in [9.17, 15) is 0 Å². The Morgan fingerprint density at radius 2 is 1.45 bits per heavy atom. The molecule has 1 nitrogen and oxygen atoms in total. The van der Waals surface area contributed by atoms with Crippen LogP contribution in [0.3, 0.4) is 0 Å². The highest BCUT2D eigenvalue weighted by atomic mass is 14.7. The molecule has 6 rings (SSSR count). The molecule has 4 aromatic rings. The highest BCUT2D eigenvalue weighted by molar-refractivity contribution is 5.88. The van der Waals surface area contributed by atoms with Gasteiger partial charge in [-0.3, -0.25) is 0 Å². The first-order valence-corrected chi connectivity index (χ1v) is 11.6. The molecule has 2 aliphatic carbocycles. The van der Waals surface area contributed by atoms with Crippen molar-refractivity contribution in [1.82, 2.24) is 4.98 Å². The molecule has 3 aromatic carbocycles. The summed E-state index contributed by atoms with van der Waals surface area (Å²) in [5.41, 5.74) is 10.7. The van der Waals surface area contributed by atoms with E-state index in [4.69, 9.17) is 0 Å². The van der Waals surface area contributed by atoms with Gasteiger partial charge in [0.2, 0.25) is 0 Å². The van der Waals surface area contributed by atoms with Crippen molar-refractivity contribution in [2.45, 2.75) is 51.9 Å². The molecule has 0 saturated heterocycles. The predicted molar refractivity (Wildman–Crippen MR) is 134 cm³/mol. The van der Waals surface area contributed by atoms with Crippen molar-refractivity contribution < 1.29 is 0 Å². The third-order valence-corrected chi connectivity index (χ3v) is 6.89. The van der Waals surface area contributed by atoms with E-state index in [1.54, 1.807) is 0 Å². The molecular formula is C30H31N. The second-order valence-corrected chi connectivity index (χ2v) is 9.04. The van der Waals surface area contributed by atoms with E-state index in [2.05, 4.69) is 97.7 Å². The van der Waals surface area contributed by atoms with Crippen LogP contribution in [-0.2, 0) is 6.42 Å². The molecule has 2 aliphatic rings. The lowest BCUT2D eigenvalue weighted by Gasteiger charge is -2.20. The fraction of sp³-hybridized carbons (Fsp3) is 0.267. The van der Waals surface area contributed by atoms with Crippen LogP contribution in [0.5, 0.6) is 0 Å². The van der Waals surface area contributed by atoms with E-state index < -0.39 is 0 Å². The van der Waals surface area contributed by atoms with E-state index in [0.29, 0.717) is 5.92 Å². The molecule has 0 amide bonds. The van der Waals surface area contributed by atoms with Gasteiger partial charge >= 0.3 is 0 Å². The molecule has 1 N–H and O–H groups in total. The minimum atomic E-state index is 0.417. The summed E-state index contributed by atoms with van der Waals surface area (Å²) < 4.78 is 0. The van der Waals surface area contributed by atoms with Gasteiger partial charge in [0.05, 0.1) is 0 Å². The van der Waals surface area contributed by atoms with Crippen molar-refractivity contribution in [3.63, 3.8) is 0 Å². The number of rotatable bonds is 2. The molecule has 1 heterocycles. The first kappa shape index (κ1) is 19.9. The number of allylic oxidation sites excluding steroid dienone is 1. The molecule has 1 heteroatoms. The topological polar surface area (TPSA) is 15.8 Å². The lowest BCUT2D eigenvalue weighted by molar-refractivity contribution is 0.504. The number of aryl methyl sites for hydroxylation is 2. The quantitative estimate of drug-likeness (QED) is 0.345. The van der Waals surface area contributed by atoms with Gasteiger partial charge in [-0.1, -0.05) is 92.4 Å². The van der Waals surface area contributed by atoms with Crippen LogP contribution in [0.25, 0.3) is 28.1 Å². The SMILES string of the molecule is C1CCC1.Cc1ccccc1-c1cc(C2C=Cc3[nH]c4ccccc4c3C2)ccc1C. The van der Waals surface area contributed by atoms with Crippen molar-refractivity contribution in [3.05, 3.63) is 101 Å². The Kier molecular flexibility index (Phi) is 5.51. The van der Waals surface area contributed by atoms with Crippen molar-refractivity contribution in [1.29, 1.82) is 0 Å². The van der Waals surface area contributed by atoms with E-state index >= 15 is 0 Å². The van der Waals surface area contributed by atoms with Gasteiger partial charge in [0, 0.05) is 22.5 Å². The van der Waals surface area contributed by atoms with Gasteiger partial charge in [0.15, 0.2) is 0 Å². The number of H-pyrrole nitrogens is 1. The van der Waals surface area contributed by atoms with Gasteiger partial charge in [0.25, 0.3) is 0 Å². The molecule has 1 saturated carbocycles. The van der Waals surface area contributed by atoms with Gasteiger partial charge in [0.1, 0.15) is 0 Å². The average Bonchev–Trinajstić information content (AvgIpc) is 3.11. The summed E-state index contributed by atoms with van der Waals surface area (Å²) in [6, 6.07) is 24.3. The molecule has 0 aliphatic heterocycles.